The first kappa shape index (κ1) is 23.3. The van der Waals surface area contributed by atoms with E-state index in [1.807, 2.05) is 6.07 Å². The Morgan fingerprint density at radius 2 is 1.94 bits per heavy atom. The highest BCUT2D eigenvalue weighted by Crippen LogP contribution is 2.55. The second-order valence-corrected chi connectivity index (χ2v) is 10.3. The number of ether oxygens (including phenoxy) is 1. The van der Waals surface area contributed by atoms with Crippen molar-refractivity contribution in [2.45, 2.75) is 39.8 Å². The molecule has 1 aliphatic carbocycles. The Bertz CT molecular complexity index is 1070. The second-order valence-electron chi connectivity index (χ2n) is 9.91. The molecule has 4 rings (SSSR count). The maximum absolute atomic E-state index is 13.4. The lowest BCUT2D eigenvalue weighted by molar-refractivity contribution is -0.164. The number of aromatic nitrogens is 1. The number of piperazine rings is 1. The molecule has 1 amide bonds. The lowest BCUT2D eigenvalue weighted by atomic mass is 9.49. The highest BCUT2D eigenvalue weighted by molar-refractivity contribution is 6.31. The maximum atomic E-state index is 13.4. The molecule has 2 aromatic rings. The molecule has 174 valence electrons. The van der Waals surface area contributed by atoms with Gasteiger partial charge >= 0.3 is 0 Å². The molecule has 1 aromatic heterocycles. The van der Waals surface area contributed by atoms with Gasteiger partial charge in [0.1, 0.15) is 23.7 Å². The van der Waals surface area contributed by atoms with E-state index in [0.29, 0.717) is 21.9 Å². The fourth-order valence-electron chi connectivity index (χ4n) is 5.51. The predicted molar refractivity (Wildman–Crippen MR) is 129 cm³/mol. The summed E-state index contributed by atoms with van der Waals surface area (Å²) in [6.45, 7) is 11.8. The number of carbonyl (C=O) groups excluding carboxylic acids is 1. The summed E-state index contributed by atoms with van der Waals surface area (Å²) in [4.78, 5) is 20.1. The number of hydrogen-bond acceptors (Lipinski definition) is 6. The van der Waals surface area contributed by atoms with Gasteiger partial charge in [-0.15, -0.1) is 0 Å². The zero-order valence-corrected chi connectivity index (χ0v) is 20.2. The van der Waals surface area contributed by atoms with Crippen LogP contribution in [-0.4, -0.2) is 49.2 Å². The number of anilines is 1. The SMILES string of the molecule is CC1(C)C(NC(=O)c2cccnc2N2CCNCC2)C(C)(C)C1Oc1ccc(C#N)c(Cl)c1. The number of nitriles is 1. The highest BCUT2D eigenvalue weighted by Gasteiger charge is 2.64. The van der Waals surface area contributed by atoms with Crippen molar-refractivity contribution in [2.24, 2.45) is 10.8 Å². The average molecular weight is 468 g/mol. The number of nitrogens with one attached hydrogen (secondary N) is 2. The molecule has 2 N–H and O–H groups in total. The van der Waals surface area contributed by atoms with Crippen LogP contribution in [0.2, 0.25) is 5.02 Å². The van der Waals surface area contributed by atoms with E-state index in [-0.39, 0.29) is 28.9 Å². The van der Waals surface area contributed by atoms with E-state index in [9.17, 15) is 4.79 Å². The summed E-state index contributed by atoms with van der Waals surface area (Å²) in [6.07, 6.45) is 1.58. The second kappa shape index (κ2) is 8.85. The summed E-state index contributed by atoms with van der Waals surface area (Å²) in [7, 11) is 0. The van der Waals surface area contributed by atoms with Crippen molar-refractivity contribution in [1.82, 2.24) is 15.6 Å². The Morgan fingerprint density at radius 3 is 2.58 bits per heavy atom. The molecule has 2 aliphatic rings. The first-order valence-electron chi connectivity index (χ1n) is 11.2. The molecule has 8 heteroatoms. The normalized spacial score (nSPS) is 23.2. The van der Waals surface area contributed by atoms with Gasteiger partial charge < -0.3 is 20.3 Å². The summed E-state index contributed by atoms with van der Waals surface area (Å²) < 4.78 is 6.32. The fraction of sp³-hybridized carbons (Fsp3) is 0.480. The van der Waals surface area contributed by atoms with E-state index >= 15 is 0 Å². The van der Waals surface area contributed by atoms with Crippen LogP contribution in [0.25, 0.3) is 0 Å². The van der Waals surface area contributed by atoms with E-state index in [0.717, 1.165) is 32.0 Å². The molecule has 7 nitrogen and oxygen atoms in total. The van der Waals surface area contributed by atoms with Crippen molar-refractivity contribution < 1.29 is 9.53 Å². The quantitative estimate of drug-likeness (QED) is 0.697. The smallest absolute Gasteiger partial charge is 0.255 e. The van der Waals surface area contributed by atoms with Crippen molar-refractivity contribution in [2.75, 3.05) is 31.1 Å². The molecular formula is C25H30ClN5O2. The minimum atomic E-state index is -0.322. The van der Waals surface area contributed by atoms with E-state index in [2.05, 4.69) is 54.3 Å². The number of pyridine rings is 1. The molecule has 0 radical (unpaired) electrons. The zero-order chi connectivity index (χ0) is 23.8. The van der Waals surface area contributed by atoms with Gasteiger partial charge in [-0.25, -0.2) is 4.98 Å². The Morgan fingerprint density at radius 1 is 1.24 bits per heavy atom. The highest BCUT2D eigenvalue weighted by atomic mass is 35.5. The van der Waals surface area contributed by atoms with E-state index in [1.54, 1.807) is 30.5 Å². The van der Waals surface area contributed by atoms with Crippen LogP contribution in [0.15, 0.2) is 36.5 Å². The molecule has 33 heavy (non-hydrogen) atoms. The standard InChI is InChI=1S/C25H30ClN5O2/c1-24(2)22(25(3,4)23(24)33-17-8-7-16(15-27)19(26)14-17)30-21(32)18-6-5-9-29-20(18)31-12-10-28-11-13-31/h5-9,14,22-23,28H,10-13H2,1-4H3,(H,30,32). The van der Waals surface area contributed by atoms with Crippen molar-refractivity contribution in [3.63, 3.8) is 0 Å². The summed E-state index contributed by atoms with van der Waals surface area (Å²) in [5, 5.41) is 16.1. The zero-order valence-electron chi connectivity index (χ0n) is 19.5. The summed E-state index contributed by atoms with van der Waals surface area (Å²) >= 11 is 6.19. The maximum Gasteiger partial charge on any atom is 0.255 e. The van der Waals surface area contributed by atoms with Crippen molar-refractivity contribution >= 4 is 23.3 Å². The predicted octanol–water partition coefficient (Wildman–Crippen LogP) is 3.63. The van der Waals surface area contributed by atoms with Crippen molar-refractivity contribution in [1.29, 1.82) is 5.26 Å². The summed E-state index contributed by atoms with van der Waals surface area (Å²) in [5.41, 5.74) is 0.362. The molecule has 0 spiro atoms. The van der Waals surface area contributed by atoms with E-state index in [4.69, 9.17) is 21.6 Å². The Kier molecular flexibility index (Phi) is 6.26. The van der Waals surface area contributed by atoms with Gasteiger partial charge in [-0.3, -0.25) is 4.79 Å². The topological polar surface area (TPSA) is 90.3 Å². The van der Waals surface area contributed by atoms with Gasteiger partial charge in [0.05, 0.1) is 16.1 Å². The lowest BCUT2D eigenvalue weighted by Gasteiger charge is -2.63. The van der Waals surface area contributed by atoms with Crippen LogP contribution in [0.4, 0.5) is 5.82 Å². The van der Waals surface area contributed by atoms with Crippen molar-refractivity contribution in [3.8, 4) is 11.8 Å². The minimum Gasteiger partial charge on any atom is -0.489 e. The summed E-state index contributed by atoms with van der Waals surface area (Å²) in [6, 6.07) is 10.7. The molecule has 1 aromatic carbocycles. The number of carbonyl (C=O) groups is 1. The van der Waals surface area contributed by atoms with Crippen LogP contribution >= 0.6 is 11.6 Å². The van der Waals surface area contributed by atoms with Crippen molar-refractivity contribution in [3.05, 3.63) is 52.7 Å². The third kappa shape index (κ3) is 4.25. The van der Waals surface area contributed by atoms with Gasteiger partial charge in [0.25, 0.3) is 5.91 Å². The van der Waals surface area contributed by atoms with Gasteiger partial charge in [-0.05, 0) is 24.3 Å². The van der Waals surface area contributed by atoms with Crippen LogP contribution in [0, 0.1) is 22.2 Å². The molecule has 1 aliphatic heterocycles. The monoisotopic (exact) mass is 467 g/mol. The Hall–Kier alpha value is -2.82. The molecule has 2 fully saturated rings. The molecule has 0 unspecified atom stereocenters. The van der Waals surface area contributed by atoms with Crippen LogP contribution in [0.5, 0.6) is 5.75 Å². The van der Waals surface area contributed by atoms with Gasteiger partial charge in [0.15, 0.2) is 0 Å². The molecule has 0 bridgehead atoms. The number of benzene rings is 1. The van der Waals surface area contributed by atoms with Gasteiger partial charge in [0.2, 0.25) is 0 Å². The summed E-state index contributed by atoms with van der Waals surface area (Å²) in [5.74, 6) is 1.22. The fourth-order valence-corrected chi connectivity index (χ4v) is 5.72. The van der Waals surface area contributed by atoms with Crippen LogP contribution in [-0.2, 0) is 0 Å². The van der Waals surface area contributed by atoms with Gasteiger partial charge in [-0.1, -0.05) is 39.3 Å². The average Bonchev–Trinajstić information content (AvgIpc) is 2.81. The first-order valence-corrected chi connectivity index (χ1v) is 11.6. The first-order chi connectivity index (χ1) is 15.7. The van der Waals surface area contributed by atoms with Crippen LogP contribution < -0.4 is 20.3 Å². The molecule has 1 saturated heterocycles. The van der Waals surface area contributed by atoms with Gasteiger partial charge in [0, 0.05) is 55.3 Å². The number of nitrogens with zero attached hydrogens (tertiary/aromatic N) is 3. The minimum absolute atomic E-state index is 0.104. The molecular weight excluding hydrogens is 438 g/mol. The molecule has 1 saturated carbocycles. The number of amides is 1. The Balaban J connectivity index is 1.51. The third-order valence-electron chi connectivity index (χ3n) is 6.88. The number of hydrogen-bond donors (Lipinski definition) is 2. The Labute approximate surface area is 200 Å². The third-order valence-corrected chi connectivity index (χ3v) is 7.19. The van der Waals surface area contributed by atoms with Crippen LogP contribution in [0.1, 0.15) is 43.6 Å². The van der Waals surface area contributed by atoms with Gasteiger partial charge in [-0.2, -0.15) is 5.26 Å². The lowest BCUT2D eigenvalue weighted by Crippen LogP contribution is -2.74. The van der Waals surface area contributed by atoms with Crippen LogP contribution in [0.3, 0.4) is 0 Å². The van der Waals surface area contributed by atoms with E-state index < -0.39 is 0 Å². The molecule has 2 heterocycles. The van der Waals surface area contributed by atoms with E-state index in [1.165, 1.54) is 0 Å². The largest absolute Gasteiger partial charge is 0.489 e. The number of halogens is 1. The molecule has 0 atom stereocenters. The number of rotatable bonds is 5.